The van der Waals surface area contributed by atoms with Gasteiger partial charge in [0.15, 0.2) is 0 Å². The summed E-state index contributed by atoms with van der Waals surface area (Å²) in [7, 11) is 0. The van der Waals surface area contributed by atoms with Crippen molar-refractivity contribution < 1.29 is 0 Å². The molecule has 0 spiro atoms. The fraction of sp³-hybridized carbons (Fsp3) is 0.364. The van der Waals surface area contributed by atoms with Crippen molar-refractivity contribution in [2.45, 2.75) is 26.8 Å². The van der Waals surface area contributed by atoms with E-state index in [-0.39, 0.29) is 0 Å². The van der Waals surface area contributed by atoms with Gasteiger partial charge in [0.25, 0.3) is 0 Å². The minimum Gasteiger partial charge on any atom is -0.374 e. The topological polar surface area (TPSA) is 12.0 Å². The molecule has 1 aromatic carbocycles. The van der Waals surface area contributed by atoms with Crippen LogP contribution in [0.25, 0.3) is 0 Å². The average molecular weight is 193 g/mol. The van der Waals surface area contributed by atoms with E-state index in [4.69, 9.17) is 12.2 Å². The predicted molar refractivity (Wildman–Crippen MR) is 61.2 cm³/mol. The first-order chi connectivity index (χ1) is 6.11. The van der Waals surface area contributed by atoms with E-state index in [1.807, 2.05) is 18.2 Å². The highest BCUT2D eigenvalue weighted by atomic mass is 32.1. The fourth-order valence-corrected chi connectivity index (χ4v) is 1.63. The number of rotatable bonds is 2. The molecule has 0 heterocycles. The molecular weight excluding hydrogens is 178 g/mol. The van der Waals surface area contributed by atoms with Gasteiger partial charge >= 0.3 is 0 Å². The molecule has 1 rings (SSSR count). The van der Waals surface area contributed by atoms with Crippen molar-refractivity contribution in [2.75, 3.05) is 0 Å². The molecule has 0 aliphatic carbocycles. The van der Waals surface area contributed by atoms with Crippen molar-refractivity contribution in [1.82, 2.24) is 5.32 Å². The fourth-order valence-electron chi connectivity index (χ4n) is 1.17. The van der Waals surface area contributed by atoms with Crippen LogP contribution in [-0.2, 0) is 0 Å². The summed E-state index contributed by atoms with van der Waals surface area (Å²) in [6.45, 7) is 6.25. The van der Waals surface area contributed by atoms with E-state index >= 15 is 0 Å². The van der Waals surface area contributed by atoms with Crippen molar-refractivity contribution >= 4 is 17.2 Å². The van der Waals surface area contributed by atoms with Gasteiger partial charge in [-0.05, 0) is 26.3 Å². The first-order valence-electron chi connectivity index (χ1n) is 4.47. The first-order valence-corrected chi connectivity index (χ1v) is 4.88. The van der Waals surface area contributed by atoms with E-state index < -0.39 is 0 Å². The molecule has 2 heteroatoms. The molecule has 0 unspecified atom stereocenters. The van der Waals surface area contributed by atoms with Crippen molar-refractivity contribution in [2.24, 2.45) is 0 Å². The number of hydrogen-bond donors (Lipinski definition) is 1. The van der Waals surface area contributed by atoms with Crippen LogP contribution >= 0.6 is 12.2 Å². The summed E-state index contributed by atoms with van der Waals surface area (Å²) in [5.74, 6) is 0. The van der Waals surface area contributed by atoms with E-state index in [1.165, 1.54) is 5.56 Å². The van der Waals surface area contributed by atoms with Gasteiger partial charge in [0, 0.05) is 11.6 Å². The molecule has 0 radical (unpaired) electrons. The van der Waals surface area contributed by atoms with Gasteiger partial charge in [-0.15, -0.1) is 0 Å². The third-order valence-corrected chi connectivity index (χ3v) is 2.15. The Morgan fingerprint density at radius 1 is 1.31 bits per heavy atom. The van der Waals surface area contributed by atoms with Crippen LogP contribution in [0.3, 0.4) is 0 Å². The summed E-state index contributed by atoms with van der Waals surface area (Å²) < 4.78 is 0. The van der Waals surface area contributed by atoms with Crippen LogP contribution in [0.5, 0.6) is 0 Å². The minimum atomic E-state index is 0.395. The Hall–Kier alpha value is -0.890. The third-order valence-electron chi connectivity index (χ3n) is 1.81. The summed E-state index contributed by atoms with van der Waals surface area (Å²) in [6.07, 6.45) is 0. The molecule has 0 saturated heterocycles. The molecule has 0 atom stereocenters. The Morgan fingerprint density at radius 3 is 2.46 bits per heavy atom. The maximum atomic E-state index is 5.27. The zero-order valence-electron chi connectivity index (χ0n) is 8.29. The minimum absolute atomic E-state index is 0.395. The quantitative estimate of drug-likeness (QED) is 0.725. The molecule has 0 bridgehead atoms. The summed E-state index contributed by atoms with van der Waals surface area (Å²) in [6, 6.07) is 8.55. The summed E-state index contributed by atoms with van der Waals surface area (Å²) in [5, 5.41) is 3.23. The van der Waals surface area contributed by atoms with Gasteiger partial charge in [0.2, 0.25) is 0 Å². The smallest absolute Gasteiger partial charge is 0.107 e. The van der Waals surface area contributed by atoms with Gasteiger partial charge in [-0.1, -0.05) is 36.5 Å². The highest BCUT2D eigenvalue weighted by Gasteiger charge is 2.03. The van der Waals surface area contributed by atoms with Gasteiger partial charge in [0.1, 0.15) is 4.99 Å². The lowest BCUT2D eigenvalue weighted by Crippen LogP contribution is -2.29. The molecule has 0 fully saturated rings. The monoisotopic (exact) mass is 193 g/mol. The van der Waals surface area contributed by atoms with E-state index in [9.17, 15) is 0 Å². The Bertz CT molecular complexity index is 305. The Labute approximate surface area is 85.2 Å². The standard InChI is InChI=1S/C11H15NS/c1-8(2)12-11(13)10-7-5-4-6-9(10)3/h4-8H,1-3H3,(H,12,13). The average Bonchev–Trinajstić information content (AvgIpc) is 2.03. The highest BCUT2D eigenvalue weighted by molar-refractivity contribution is 7.80. The van der Waals surface area contributed by atoms with Crippen LogP contribution in [0.15, 0.2) is 24.3 Å². The maximum absolute atomic E-state index is 5.27. The number of hydrogen-bond acceptors (Lipinski definition) is 1. The Kier molecular flexibility index (Phi) is 3.43. The van der Waals surface area contributed by atoms with Crippen LogP contribution in [0, 0.1) is 6.92 Å². The van der Waals surface area contributed by atoms with E-state index in [0.29, 0.717) is 6.04 Å². The van der Waals surface area contributed by atoms with Crippen LogP contribution < -0.4 is 5.32 Å². The van der Waals surface area contributed by atoms with E-state index in [0.717, 1.165) is 10.6 Å². The van der Waals surface area contributed by atoms with Crippen LogP contribution in [0.2, 0.25) is 0 Å². The molecule has 1 nitrogen and oxygen atoms in total. The molecule has 0 aliphatic heterocycles. The normalized spacial score (nSPS) is 10.2. The number of benzene rings is 1. The van der Waals surface area contributed by atoms with Crippen molar-refractivity contribution in [3.8, 4) is 0 Å². The van der Waals surface area contributed by atoms with Gasteiger partial charge in [-0.3, -0.25) is 0 Å². The molecule has 1 N–H and O–H groups in total. The van der Waals surface area contributed by atoms with Crippen LogP contribution in [-0.4, -0.2) is 11.0 Å². The zero-order valence-corrected chi connectivity index (χ0v) is 9.11. The van der Waals surface area contributed by atoms with Crippen molar-refractivity contribution in [3.63, 3.8) is 0 Å². The Balaban J connectivity index is 2.83. The van der Waals surface area contributed by atoms with E-state index in [2.05, 4.69) is 32.2 Å². The lowest BCUT2D eigenvalue weighted by molar-refractivity contribution is 0.740. The van der Waals surface area contributed by atoms with Gasteiger partial charge in [-0.25, -0.2) is 0 Å². The van der Waals surface area contributed by atoms with Gasteiger partial charge < -0.3 is 5.32 Å². The molecule has 0 amide bonds. The molecule has 13 heavy (non-hydrogen) atoms. The molecular formula is C11H15NS. The van der Waals surface area contributed by atoms with Crippen LogP contribution in [0.1, 0.15) is 25.0 Å². The SMILES string of the molecule is Cc1ccccc1C(=S)NC(C)C. The molecule has 1 aromatic rings. The zero-order chi connectivity index (χ0) is 9.84. The second-order valence-corrected chi connectivity index (χ2v) is 3.85. The van der Waals surface area contributed by atoms with Gasteiger partial charge in [0.05, 0.1) is 0 Å². The third kappa shape index (κ3) is 2.81. The number of aryl methyl sites for hydroxylation is 1. The van der Waals surface area contributed by atoms with Crippen molar-refractivity contribution in [3.05, 3.63) is 35.4 Å². The second kappa shape index (κ2) is 4.38. The lowest BCUT2D eigenvalue weighted by atomic mass is 10.1. The second-order valence-electron chi connectivity index (χ2n) is 3.44. The molecule has 70 valence electrons. The first kappa shape index (κ1) is 10.2. The molecule has 0 saturated carbocycles. The maximum Gasteiger partial charge on any atom is 0.107 e. The summed E-state index contributed by atoms with van der Waals surface area (Å²) in [4.78, 5) is 0.841. The summed E-state index contributed by atoms with van der Waals surface area (Å²) >= 11 is 5.27. The van der Waals surface area contributed by atoms with Gasteiger partial charge in [-0.2, -0.15) is 0 Å². The summed E-state index contributed by atoms with van der Waals surface area (Å²) in [5.41, 5.74) is 2.35. The van der Waals surface area contributed by atoms with E-state index in [1.54, 1.807) is 0 Å². The Morgan fingerprint density at radius 2 is 1.92 bits per heavy atom. The number of thiocarbonyl (C=S) groups is 1. The predicted octanol–water partition coefficient (Wildman–Crippen LogP) is 2.67. The van der Waals surface area contributed by atoms with Crippen LogP contribution in [0.4, 0.5) is 0 Å². The largest absolute Gasteiger partial charge is 0.374 e. The highest BCUT2D eigenvalue weighted by Crippen LogP contribution is 2.07. The lowest BCUT2D eigenvalue weighted by Gasteiger charge is -2.12. The molecule has 0 aliphatic rings. The molecule has 0 aromatic heterocycles. The van der Waals surface area contributed by atoms with Crippen molar-refractivity contribution in [1.29, 1.82) is 0 Å². The number of nitrogens with one attached hydrogen (secondary N) is 1.